The smallest absolute Gasteiger partial charge is 0.265 e. The molecule has 0 atom stereocenters. The molecule has 3 nitrogen and oxygen atoms in total. The molecule has 1 N–H and O–H groups in total. The van der Waals surface area contributed by atoms with E-state index in [0.717, 1.165) is 17.1 Å². The van der Waals surface area contributed by atoms with Gasteiger partial charge < -0.3 is 5.32 Å². The number of hydrogen-bond donors (Lipinski definition) is 1. The van der Waals surface area contributed by atoms with Gasteiger partial charge >= 0.3 is 0 Å². The number of hydrogen-bond acceptors (Lipinski definition) is 3. The van der Waals surface area contributed by atoms with Crippen LogP contribution < -0.4 is 5.32 Å². The fourth-order valence-corrected chi connectivity index (χ4v) is 3.34. The minimum absolute atomic E-state index is 0.0277. The van der Waals surface area contributed by atoms with Gasteiger partial charge in [0.25, 0.3) is 5.91 Å². The van der Waals surface area contributed by atoms with Crippen LogP contribution in [0.2, 0.25) is 0 Å². The Hall–Kier alpha value is -1.65. The normalized spacial score (nSPS) is 15.8. The summed E-state index contributed by atoms with van der Waals surface area (Å²) in [4.78, 5) is 15.3. The summed E-state index contributed by atoms with van der Waals surface area (Å²) in [6, 6.07) is 11.9. The average Bonchev–Trinajstić information content (AvgIpc) is 3.03. The zero-order valence-electron chi connectivity index (χ0n) is 12.0. The lowest BCUT2D eigenvalue weighted by Gasteiger charge is -2.26. The molecule has 110 valence electrons. The molecule has 1 aromatic heterocycles. The van der Waals surface area contributed by atoms with Crippen molar-refractivity contribution in [3.8, 4) is 0 Å². The van der Waals surface area contributed by atoms with Crippen LogP contribution in [0.15, 0.2) is 41.8 Å². The maximum atomic E-state index is 12.1. The molecule has 0 unspecified atom stereocenters. The van der Waals surface area contributed by atoms with Gasteiger partial charge in [-0.25, -0.2) is 0 Å². The van der Waals surface area contributed by atoms with Gasteiger partial charge in [0.05, 0.1) is 4.88 Å². The van der Waals surface area contributed by atoms with E-state index >= 15 is 0 Å². The number of rotatable bonds is 4. The summed E-state index contributed by atoms with van der Waals surface area (Å²) in [6.07, 6.45) is 3.96. The summed E-state index contributed by atoms with van der Waals surface area (Å²) in [7, 11) is 0. The van der Waals surface area contributed by atoms with Gasteiger partial charge in [0, 0.05) is 12.2 Å². The highest BCUT2D eigenvalue weighted by Gasteiger charge is 2.11. The number of likely N-dealkylation sites (tertiary alicyclic amines) is 1. The number of nitrogens with one attached hydrogen (secondary N) is 1. The maximum Gasteiger partial charge on any atom is 0.265 e. The molecule has 1 saturated heterocycles. The highest BCUT2D eigenvalue weighted by atomic mass is 32.1. The third kappa shape index (κ3) is 3.93. The molecule has 21 heavy (non-hydrogen) atoms. The zero-order chi connectivity index (χ0) is 14.5. The number of carbonyl (C=O) groups excluding carboxylic acids is 1. The van der Waals surface area contributed by atoms with Crippen molar-refractivity contribution in [3.63, 3.8) is 0 Å². The summed E-state index contributed by atoms with van der Waals surface area (Å²) in [5.41, 5.74) is 2.14. The van der Waals surface area contributed by atoms with Crippen molar-refractivity contribution in [2.24, 2.45) is 0 Å². The molecule has 0 aliphatic carbocycles. The van der Waals surface area contributed by atoms with E-state index in [2.05, 4.69) is 22.3 Å². The predicted molar refractivity (Wildman–Crippen MR) is 87.8 cm³/mol. The fourth-order valence-electron chi connectivity index (χ4n) is 2.72. The van der Waals surface area contributed by atoms with Crippen LogP contribution in [-0.4, -0.2) is 23.9 Å². The Labute approximate surface area is 129 Å². The molecule has 1 aliphatic heterocycles. The first-order valence-electron chi connectivity index (χ1n) is 7.47. The van der Waals surface area contributed by atoms with Crippen LogP contribution in [0.4, 0.5) is 5.69 Å². The summed E-state index contributed by atoms with van der Waals surface area (Å²) >= 11 is 1.46. The average molecular weight is 300 g/mol. The minimum Gasteiger partial charge on any atom is -0.321 e. The van der Waals surface area contributed by atoms with Crippen molar-refractivity contribution < 1.29 is 4.79 Å². The Morgan fingerprint density at radius 2 is 2.00 bits per heavy atom. The Bertz CT molecular complexity index is 589. The molecule has 2 aromatic rings. The van der Waals surface area contributed by atoms with E-state index in [4.69, 9.17) is 0 Å². The van der Waals surface area contributed by atoms with E-state index in [9.17, 15) is 4.79 Å². The molecule has 3 rings (SSSR count). The molecule has 1 amide bonds. The lowest BCUT2D eigenvalue weighted by atomic mass is 10.1. The van der Waals surface area contributed by atoms with Crippen molar-refractivity contribution >= 4 is 22.9 Å². The Morgan fingerprint density at radius 3 is 2.76 bits per heavy atom. The molecule has 0 spiro atoms. The molecule has 4 heteroatoms. The van der Waals surface area contributed by atoms with E-state index in [1.807, 2.05) is 29.6 Å². The summed E-state index contributed by atoms with van der Waals surface area (Å²) in [5, 5.41) is 4.89. The first-order chi connectivity index (χ1) is 10.3. The zero-order valence-corrected chi connectivity index (χ0v) is 12.9. The Balaban J connectivity index is 1.64. The van der Waals surface area contributed by atoms with Crippen molar-refractivity contribution in [3.05, 3.63) is 52.2 Å². The van der Waals surface area contributed by atoms with Crippen molar-refractivity contribution in [2.45, 2.75) is 25.8 Å². The SMILES string of the molecule is O=C(Nc1cccc(CN2CCCCC2)c1)c1cccs1. The van der Waals surface area contributed by atoms with E-state index in [-0.39, 0.29) is 5.91 Å². The van der Waals surface area contributed by atoms with Gasteiger partial charge in [-0.15, -0.1) is 11.3 Å². The predicted octanol–water partition coefficient (Wildman–Crippen LogP) is 3.99. The molecular formula is C17H20N2OS. The van der Waals surface area contributed by atoms with Gasteiger partial charge in [0.2, 0.25) is 0 Å². The molecule has 1 aromatic carbocycles. The molecule has 0 saturated carbocycles. The van der Waals surface area contributed by atoms with E-state index < -0.39 is 0 Å². The van der Waals surface area contributed by atoms with Gasteiger partial charge in [0.1, 0.15) is 0 Å². The third-order valence-corrected chi connectivity index (χ3v) is 4.65. The van der Waals surface area contributed by atoms with Gasteiger partial charge in [0.15, 0.2) is 0 Å². The van der Waals surface area contributed by atoms with E-state index in [0.29, 0.717) is 0 Å². The highest BCUT2D eigenvalue weighted by Crippen LogP contribution is 2.17. The fraction of sp³-hybridized carbons (Fsp3) is 0.353. The van der Waals surface area contributed by atoms with Gasteiger partial charge in [-0.2, -0.15) is 0 Å². The Kier molecular flexibility index (Phi) is 4.68. The Morgan fingerprint density at radius 1 is 1.14 bits per heavy atom. The van der Waals surface area contributed by atoms with Crippen LogP contribution >= 0.6 is 11.3 Å². The number of anilines is 1. The molecule has 0 radical (unpaired) electrons. The first kappa shape index (κ1) is 14.3. The molecule has 1 aliphatic rings. The number of piperidine rings is 1. The summed E-state index contributed by atoms with van der Waals surface area (Å²) in [6.45, 7) is 3.35. The second-order valence-electron chi connectivity index (χ2n) is 5.47. The molecule has 1 fully saturated rings. The second-order valence-corrected chi connectivity index (χ2v) is 6.42. The van der Waals surface area contributed by atoms with Gasteiger partial charge in [-0.05, 0) is 55.1 Å². The maximum absolute atomic E-state index is 12.1. The topological polar surface area (TPSA) is 32.3 Å². The second kappa shape index (κ2) is 6.87. The van der Waals surface area contributed by atoms with E-state index in [1.165, 1.54) is 49.3 Å². The minimum atomic E-state index is -0.0277. The largest absolute Gasteiger partial charge is 0.321 e. The lowest BCUT2D eigenvalue weighted by Crippen LogP contribution is -2.29. The number of benzene rings is 1. The molecular weight excluding hydrogens is 280 g/mol. The highest BCUT2D eigenvalue weighted by molar-refractivity contribution is 7.12. The monoisotopic (exact) mass is 300 g/mol. The van der Waals surface area contributed by atoms with Crippen LogP contribution in [0.5, 0.6) is 0 Å². The van der Waals surface area contributed by atoms with Crippen LogP contribution in [0.3, 0.4) is 0 Å². The first-order valence-corrected chi connectivity index (χ1v) is 8.35. The van der Waals surface area contributed by atoms with Gasteiger partial charge in [-0.1, -0.05) is 24.6 Å². The van der Waals surface area contributed by atoms with E-state index in [1.54, 1.807) is 0 Å². The number of carbonyl (C=O) groups is 1. The van der Waals surface area contributed by atoms with Crippen LogP contribution in [0.1, 0.15) is 34.5 Å². The van der Waals surface area contributed by atoms with Crippen LogP contribution in [-0.2, 0) is 6.54 Å². The van der Waals surface area contributed by atoms with Crippen LogP contribution in [0.25, 0.3) is 0 Å². The molecule has 2 heterocycles. The quantitative estimate of drug-likeness (QED) is 0.926. The van der Waals surface area contributed by atoms with Crippen molar-refractivity contribution in [1.29, 1.82) is 0 Å². The lowest BCUT2D eigenvalue weighted by molar-refractivity contribution is 0.103. The number of thiophene rings is 1. The van der Waals surface area contributed by atoms with Crippen LogP contribution in [0, 0.1) is 0 Å². The summed E-state index contributed by atoms with van der Waals surface area (Å²) in [5.74, 6) is -0.0277. The standard InChI is InChI=1S/C17H20N2OS/c20-17(16-8-5-11-21-16)18-15-7-4-6-14(12-15)13-19-9-2-1-3-10-19/h4-8,11-12H,1-3,9-10,13H2,(H,18,20). The third-order valence-electron chi connectivity index (χ3n) is 3.78. The number of amides is 1. The molecule has 0 bridgehead atoms. The summed E-state index contributed by atoms with van der Waals surface area (Å²) < 4.78 is 0. The number of nitrogens with zero attached hydrogens (tertiary/aromatic N) is 1. The van der Waals surface area contributed by atoms with Gasteiger partial charge in [-0.3, -0.25) is 9.69 Å². The van der Waals surface area contributed by atoms with Crippen molar-refractivity contribution in [2.75, 3.05) is 18.4 Å². The van der Waals surface area contributed by atoms with Crippen molar-refractivity contribution in [1.82, 2.24) is 4.90 Å².